The normalized spacial score (nSPS) is 15.3. The van der Waals surface area contributed by atoms with Gasteiger partial charge in [-0.05, 0) is 11.6 Å². The molecule has 1 aliphatic heterocycles. The highest BCUT2D eigenvalue weighted by atomic mass is 16.5. The molecule has 20 heavy (non-hydrogen) atoms. The lowest BCUT2D eigenvalue weighted by atomic mass is 10.0. The number of nitrogens with zero attached hydrogens (tertiary/aromatic N) is 1. The van der Waals surface area contributed by atoms with Crippen LogP contribution in [-0.4, -0.2) is 37.1 Å². The summed E-state index contributed by atoms with van der Waals surface area (Å²) in [7, 11) is 0. The van der Waals surface area contributed by atoms with Gasteiger partial charge >= 0.3 is 0 Å². The standard InChI is InChI=1S/C16H17NO3/c18-16(17-7-10-19-11-8-17)12-15-14(6-9-20-15)13-4-2-1-3-5-13/h1-6,9H,7-8,10-12H2. The number of carbonyl (C=O) groups is 1. The summed E-state index contributed by atoms with van der Waals surface area (Å²) in [6.07, 6.45) is 1.95. The van der Waals surface area contributed by atoms with Gasteiger partial charge in [-0.25, -0.2) is 0 Å². The van der Waals surface area contributed by atoms with Gasteiger partial charge in [0.1, 0.15) is 5.76 Å². The topological polar surface area (TPSA) is 42.7 Å². The number of hydrogen-bond acceptors (Lipinski definition) is 3. The summed E-state index contributed by atoms with van der Waals surface area (Å²) in [6, 6.07) is 11.9. The molecular formula is C16H17NO3. The van der Waals surface area contributed by atoms with E-state index in [4.69, 9.17) is 9.15 Å². The second kappa shape index (κ2) is 5.92. The maximum Gasteiger partial charge on any atom is 0.230 e. The molecule has 4 nitrogen and oxygen atoms in total. The van der Waals surface area contributed by atoms with Crippen LogP contribution in [0.3, 0.4) is 0 Å². The SMILES string of the molecule is O=C(Cc1occc1-c1ccccc1)N1CCOCC1. The predicted octanol–water partition coefficient (Wildman–Crippen LogP) is 2.35. The van der Waals surface area contributed by atoms with Gasteiger partial charge in [-0.2, -0.15) is 0 Å². The van der Waals surface area contributed by atoms with Crippen molar-refractivity contribution >= 4 is 5.91 Å². The molecule has 2 aromatic rings. The lowest BCUT2D eigenvalue weighted by Gasteiger charge is -2.26. The van der Waals surface area contributed by atoms with Crippen LogP contribution in [0, 0.1) is 0 Å². The molecule has 1 saturated heterocycles. The smallest absolute Gasteiger partial charge is 0.230 e. The first kappa shape index (κ1) is 12.9. The lowest BCUT2D eigenvalue weighted by molar-refractivity contribution is -0.134. The van der Waals surface area contributed by atoms with Gasteiger partial charge in [0, 0.05) is 18.7 Å². The Hall–Kier alpha value is -2.07. The Balaban J connectivity index is 1.75. The fourth-order valence-corrected chi connectivity index (χ4v) is 2.41. The van der Waals surface area contributed by atoms with Crippen LogP contribution in [0.5, 0.6) is 0 Å². The minimum absolute atomic E-state index is 0.0976. The number of amides is 1. The molecule has 2 heterocycles. The van der Waals surface area contributed by atoms with Gasteiger partial charge in [-0.3, -0.25) is 4.79 Å². The maximum absolute atomic E-state index is 12.3. The van der Waals surface area contributed by atoms with Crippen molar-refractivity contribution in [1.82, 2.24) is 4.90 Å². The van der Waals surface area contributed by atoms with Crippen LogP contribution < -0.4 is 0 Å². The Morgan fingerprint density at radius 3 is 2.60 bits per heavy atom. The van der Waals surface area contributed by atoms with Gasteiger partial charge in [0.2, 0.25) is 5.91 Å². The van der Waals surface area contributed by atoms with Crippen molar-refractivity contribution in [2.75, 3.05) is 26.3 Å². The summed E-state index contributed by atoms with van der Waals surface area (Å²) >= 11 is 0. The average Bonchev–Trinajstić information content (AvgIpc) is 2.97. The molecule has 0 unspecified atom stereocenters. The molecule has 0 bridgehead atoms. The molecule has 0 saturated carbocycles. The lowest BCUT2D eigenvalue weighted by Crippen LogP contribution is -2.41. The molecular weight excluding hydrogens is 254 g/mol. The van der Waals surface area contributed by atoms with Gasteiger partial charge in [0.15, 0.2) is 0 Å². The van der Waals surface area contributed by atoms with Crippen molar-refractivity contribution in [3.63, 3.8) is 0 Å². The summed E-state index contributed by atoms with van der Waals surface area (Å²) in [6.45, 7) is 2.57. The molecule has 4 heteroatoms. The molecule has 3 rings (SSSR count). The fraction of sp³-hybridized carbons (Fsp3) is 0.312. The second-order valence-electron chi connectivity index (χ2n) is 4.79. The molecule has 1 aromatic heterocycles. The van der Waals surface area contributed by atoms with E-state index in [9.17, 15) is 4.79 Å². The zero-order valence-corrected chi connectivity index (χ0v) is 11.2. The first-order valence-corrected chi connectivity index (χ1v) is 6.82. The number of furan rings is 1. The first-order chi connectivity index (χ1) is 9.84. The highest BCUT2D eigenvalue weighted by Crippen LogP contribution is 2.25. The van der Waals surface area contributed by atoms with Crippen molar-refractivity contribution in [3.05, 3.63) is 48.4 Å². The number of hydrogen-bond donors (Lipinski definition) is 0. The highest BCUT2D eigenvalue weighted by molar-refractivity contribution is 5.81. The van der Waals surface area contributed by atoms with Gasteiger partial charge in [0.05, 0.1) is 25.9 Å². The van der Waals surface area contributed by atoms with Crippen LogP contribution in [0.4, 0.5) is 0 Å². The monoisotopic (exact) mass is 271 g/mol. The van der Waals surface area contributed by atoms with E-state index in [1.165, 1.54) is 0 Å². The van der Waals surface area contributed by atoms with Crippen molar-refractivity contribution in [2.24, 2.45) is 0 Å². The number of rotatable bonds is 3. The summed E-state index contributed by atoms with van der Waals surface area (Å²) in [4.78, 5) is 14.1. The molecule has 0 radical (unpaired) electrons. The van der Waals surface area contributed by atoms with Crippen LogP contribution in [0.1, 0.15) is 5.76 Å². The Labute approximate surface area is 118 Å². The van der Waals surface area contributed by atoms with E-state index >= 15 is 0 Å². The Kier molecular flexibility index (Phi) is 3.83. The van der Waals surface area contributed by atoms with Crippen molar-refractivity contribution in [1.29, 1.82) is 0 Å². The van der Waals surface area contributed by atoms with E-state index in [-0.39, 0.29) is 5.91 Å². The maximum atomic E-state index is 12.3. The molecule has 0 atom stereocenters. The minimum Gasteiger partial charge on any atom is -0.468 e. The summed E-state index contributed by atoms with van der Waals surface area (Å²) < 4.78 is 10.8. The van der Waals surface area contributed by atoms with Crippen LogP contribution in [0.2, 0.25) is 0 Å². The second-order valence-corrected chi connectivity index (χ2v) is 4.79. The van der Waals surface area contributed by atoms with Crippen molar-refractivity contribution in [3.8, 4) is 11.1 Å². The average molecular weight is 271 g/mol. The molecule has 0 N–H and O–H groups in total. The molecule has 1 amide bonds. The van der Waals surface area contributed by atoms with Crippen LogP contribution >= 0.6 is 0 Å². The number of ether oxygens (including phenoxy) is 1. The third-order valence-corrected chi connectivity index (χ3v) is 3.51. The zero-order chi connectivity index (χ0) is 13.8. The van der Waals surface area contributed by atoms with Crippen LogP contribution in [0.25, 0.3) is 11.1 Å². The molecule has 1 fully saturated rings. The van der Waals surface area contributed by atoms with E-state index in [0.29, 0.717) is 32.7 Å². The van der Waals surface area contributed by atoms with E-state index in [0.717, 1.165) is 16.9 Å². The van der Waals surface area contributed by atoms with Gasteiger partial charge in [-0.15, -0.1) is 0 Å². The van der Waals surface area contributed by atoms with Gasteiger partial charge < -0.3 is 14.1 Å². The van der Waals surface area contributed by atoms with Crippen molar-refractivity contribution in [2.45, 2.75) is 6.42 Å². The summed E-state index contributed by atoms with van der Waals surface area (Å²) in [5, 5.41) is 0. The number of benzene rings is 1. The minimum atomic E-state index is 0.0976. The Morgan fingerprint density at radius 1 is 1.10 bits per heavy atom. The fourth-order valence-electron chi connectivity index (χ4n) is 2.41. The Morgan fingerprint density at radius 2 is 1.85 bits per heavy atom. The van der Waals surface area contributed by atoms with Crippen molar-refractivity contribution < 1.29 is 13.9 Å². The Bertz CT molecular complexity index is 570. The highest BCUT2D eigenvalue weighted by Gasteiger charge is 2.20. The molecule has 0 aliphatic carbocycles. The molecule has 0 spiro atoms. The largest absolute Gasteiger partial charge is 0.468 e. The third kappa shape index (κ3) is 2.75. The summed E-state index contributed by atoms with van der Waals surface area (Å²) in [5.74, 6) is 0.827. The van der Waals surface area contributed by atoms with Gasteiger partial charge in [-0.1, -0.05) is 30.3 Å². The third-order valence-electron chi connectivity index (χ3n) is 3.51. The quantitative estimate of drug-likeness (QED) is 0.860. The predicted molar refractivity (Wildman–Crippen MR) is 75.2 cm³/mol. The summed E-state index contributed by atoms with van der Waals surface area (Å²) in [5.41, 5.74) is 2.07. The molecule has 1 aromatic carbocycles. The zero-order valence-electron chi connectivity index (χ0n) is 11.2. The number of carbonyl (C=O) groups excluding carboxylic acids is 1. The van der Waals surface area contributed by atoms with E-state index in [2.05, 4.69) is 0 Å². The first-order valence-electron chi connectivity index (χ1n) is 6.82. The van der Waals surface area contributed by atoms with E-state index in [1.807, 2.05) is 41.3 Å². The van der Waals surface area contributed by atoms with E-state index in [1.54, 1.807) is 6.26 Å². The van der Waals surface area contributed by atoms with Crippen LogP contribution in [0.15, 0.2) is 47.1 Å². The number of morpholine rings is 1. The molecule has 104 valence electrons. The van der Waals surface area contributed by atoms with Crippen LogP contribution in [-0.2, 0) is 16.0 Å². The van der Waals surface area contributed by atoms with Gasteiger partial charge in [0.25, 0.3) is 0 Å². The van der Waals surface area contributed by atoms with E-state index < -0.39 is 0 Å². The molecule has 1 aliphatic rings.